The predicted octanol–water partition coefficient (Wildman–Crippen LogP) is 3.70. The minimum atomic E-state index is -3.75. The standard InChI is InChI=1S/C22H27Cl2N3O4S/c1-4-12-25-22(29)16(2)26(14-17-10-11-19(23)20(24)13-17)21(28)15-27(32(3,30)31)18-8-6-5-7-9-18/h5-11,13,16H,4,12,14-15H2,1-3H3,(H,25,29)/t16-/m1/s1. The molecule has 0 heterocycles. The summed E-state index contributed by atoms with van der Waals surface area (Å²) in [5.41, 5.74) is 1.02. The molecule has 0 aliphatic carbocycles. The number of hydrogen-bond donors (Lipinski definition) is 1. The van der Waals surface area contributed by atoms with E-state index in [4.69, 9.17) is 23.2 Å². The summed E-state index contributed by atoms with van der Waals surface area (Å²) in [6, 6.07) is 12.4. The van der Waals surface area contributed by atoms with E-state index in [2.05, 4.69) is 5.32 Å². The molecule has 0 spiro atoms. The van der Waals surface area contributed by atoms with Crippen LogP contribution in [0.3, 0.4) is 0 Å². The molecule has 2 aromatic rings. The van der Waals surface area contributed by atoms with E-state index in [1.54, 1.807) is 55.5 Å². The van der Waals surface area contributed by atoms with Crippen LogP contribution in [0.4, 0.5) is 5.69 Å². The van der Waals surface area contributed by atoms with Gasteiger partial charge in [-0.25, -0.2) is 8.42 Å². The normalized spacial score (nSPS) is 12.2. The molecule has 10 heteroatoms. The highest BCUT2D eigenvalue weighted by atomic mass is 35.5. The topological polar surface area (TPSA) is 86.8 Å². The molecule has 2 aromatic carbocycles. The van der Waals surface area contributed by atoms with Crippen molar-refractivity contribution in [2.75, 3.05) is 23.7 Å². The van der Waals surface area contributed by atoms with Crippen LogP contribution < -0.4 is 9.62 Å². The number of rotatable bonds is 10. The van der Waals surface area contributed by atoms with Crippen molar-refractivity contribution < 1.29 is 18.0 Å². The Morgan fingerprint density at radius 3 is 2.28 bits per heavy atom. The van der Waals surface area contributed by atoms with Gasteiger partial charge in [-0.3, -0.25) is 13.9 Å². The third kappa shape index (κ3) is 7.12. The van der Waals surface area contributed by atoms with Gasteiger partial charge in [0.1, 0.15) is 12.6 Å². The Bertz CT molecular complexity index is 1050. The second-order valence-corrected chi connectivity index (χ2v) is 10.1. The summed E-state index contributed by atoms with van der Waals surface area (Å²) in [6.45, 7) is 3.61. The fraction of sp³-hybridized carbons (Fsp3) is 0.364. The molecule has 0 bridgehead atoms. The monoisotopic (exact) mass is 499 g/mol. The summed E-state index contributed by atoms with van der Waals surface area (Å²) < 4.78 is 25.9. The summed E-state index contributed by atoms with van der Waals surface area (Å²) in [4.78, 5) is 27.3. The minimum absolute atomic E-state index is 0.0584. The van der Waals surface area contributed by atoms with E-state index in [1.165, 1.54) is 4.90 Å². The highest BCUT2D eigenvalue weighted by Gasteiger charge is 2.30. The average molecular weight is 500 g/mol. The van der Waals surface area contributed by atoms with Crippen LogP contribution in [-0.4, -0.2) is 50.5 Å². The van der Waals surface area contributed by atoms with Crippen molar-refractivity contribution in [3.05, 3.63) is 64.1 Å². The first-order valence-electron chi connectivity index (χ1n) is 10.1. The third-order valence-electron chi connectivity index (χ3n) is 4.78. The van der Waals surface area contributed by atoms with Gasteiger partial charge >= 0.3 is 0 Å². The van der Waals surface area contributed by atoms with Gasteiger partial charge in [-0.1, -0.05) is 54.4 Å². The Labute approximate surface area is 199 Å². The zero-order valence-electron chi connectivity index (χ0n) is 18.2. The Hall–Kier alpha value is -2.29. The zero-order chi connectivity index (χ0) is 23.9. The average Bonchev–Trinajstić information content (AvgIpc) is 2.75. The molecule has 1 atom stereocenters. The van der Waals surface area contributed by atoms with E-state index >= 15 is 0 Å². The van der Waals surface area contributed by atoms with E-state index in [0.29, 0.717) is 27.8 Å². The quantitative estimate of drug-likeness (QED) is 0.539. The lowest BCUT2D eigenvalue weighted by molar-refractivity contribution is -0.139. The summed E-state index contributed by atoms with van der Waals surface area (Å²) >= 11 is 12.1. The maximum atomic E-state index is 13.3. The molecular formula is C22H27Cl2N3O4S. The minimum Gasteiger partial charge on any atom is -0.354 e. The Morgan fingerprint density at radius 1 is 1.06 bits per heavy atom. The summed E-state index contributed by atoms with van der Waals surface area (Å²) in [5, 5.41) is 3.47. The number of hydrogen-bond acceptors (Lipinski definition) is 4. The molecule has 2 rings (SSSR count). The molecule has 0 aromatic heterocycles. The van der Waals surface area contributed by atoms with Crippen molar-refractivity contribution in [3.63, 3.8) is 0 Å². The molecule has 0 unspecified atom stereocenters. The van der Waals surface area contributed by atoms with Gasteiger partial charge in [0.15, 0.2) is 0 Å². The van der Waals surface area contributed by atoms with Crippen molar-refractivity contribution in [2.24, 2.45) is 0 Å². The smallest absolute Gasteiger partial charge is 0.244 e. The Morgan fingerprint density at radius 2 is 1.72 bits per heavy atom. The van der Waals surface area contributed by atoms with Crippen LogP contribution in [0, 0.1) is 0 Å². The van der Waals surface area contributed by atoms with Crippen molar-refractivity contribution >= 4 is 50.7 Å². The molecule has 174 valence electrons. The van der Waals surface area contributed by atoms with Crippen LogP contribution in [0.25, 0.3) is 0 Å². The lowest BCUT2D eigenvalue weighted by Crippen LogP contribution is -2.51. The van der Waals surface area contributed by atoms with E-state index in [-0.39, 0.29) is 12.5 Å². The highest BCUT2D eigenvalue weighted by Crippen LogP contribution is 2.24. The molecule has 0 saturated heterocycles. The van der Waals surface area contributed by atoms with E-state index in [0.717, 1.165) is 17.0 Å². The van der Waals surface area contributed by atoms with Gasteiger partial charge in [0.25, 0.3) is 0 Å². The Kier molecular flexibility index (Phi) is 9.36. The number of nitrogens with one attached hydrogen (secondary N) is 1. The van der Waals surface area contributed by atoms with Crippen LogP contribution in [0.1, 0.15) is 25.8 Å². The first-order chi connectivity index (χ1) is 15.0. The SMILES string of the molecule is CCCNC(=O)[C@@H](C)N(Cc1ccc(Cl)c(Cl)c1)C(=O)CN(c1ccccc1)S(C)(=O)=O. The molecule has 7 nitrogen and oxygen atoms in total. The third-order valence-corrected chi connectivity index (χ3v) is 6.66. The van der Waals surface area contributed by atoms with Crippen molar-refractivity contribution in [1.82, 2.24) is 10.2 Å². The number of anilines is 1. The molecule has 2 amide bonds. The Balaban J connectivity index is 2.36. The van der Waals surface area contributed by atoms with Gasteiger partial charge in [-0.2, -0.15) is 0 Å². The summed E-state index contributed by atoms with van der Waals surface area (Å²) in [6.07, 6.45) is 1.78. The van der Waals surface area contributed by atoms with Crippen LogP contribution >= 0.6 is 23.2 Å². The van der Waals surface area contributed by atoms with E-state index in [1.807, 2.05) is 6.92 Å². The number of para-hydroxylation sites is 1. The van der Waals surface area contributed by atoms with Gasteiger partial charge in [0.05, 0.1) is 22.0 Å². The fourth-order valence-corrected chi connectivity index (χ4v) is 4.19. The number of sulfonamides is 1. The van der Waals surface area contributed by atoms with Crippen molar-refractivity contribution in [2.45, 2.75) is 32.9 Å². The summed E-state index contributed by atoms with van der Waals surface area (Å²) in [7, 11) is -3.75. The largest absolute Gasteiger partial charge is 0.354 e. The molecule has 0 fully saturated rings. The molecule has 0 aliphatic heterocycles. The number of amides is 2. The zero-order valence-corrected chi connectivity index (χ0v) is 20.5. The number of nitrogens with zero attached hydrogens (tertiary/aromatic N) is 2. The van der Waals surface area contributed by atoms with Crippen LogP contribution in [0.5, 0.6) is 0 Å². The number of halogens is 2. The molecule has 1 N–H and O–H groups in total. The number of carbonyl (C=O) groups is 2. The van der Waals surface area contributed by atoms with Gasteiger partial charge in [0, 0.05) is 13.1 Å². The predicted molar refractivity (Wildman–Crippen MR) is 128 cm³/mol. The van der Waals surface area contributed by atoms with Crippen molar-refractivity contribution in [3.8, 4) is 0 Å². The molecule has 0 aliphatic rings. The van der Waals surface area contributed by atoms with Crippen LogP contribution in [0.2, 0.25) is 10.0 Å². The molecule has 32 heavy (non-hydrogen) atoms. The second-order valence-electron chi connectivity index (χ2n) is 7.34. The first kappa shape index (κ1) is 26.0. The number of benzene rings is 2. The number of carbonyl (C=O) groups excluding carboxylic acids is 2. The summed E-state index contributed by atoms with van der Waals surface area (Å²) in [5.74, 6) is -0.852. The van der Waals surface area contributed by atoms with Gasteiger partial charge in [-0.15, -0.1) is 0 Å². The second kappa shape index (κ2) is 11.5. The van der Waals surface area contributed by atoms with Crippen molar-refractivity contribution in [1.29, 1.82) is 0 Å². The molecule has 0 saturated carbocycles. The molecule has 0 radical (unpaired) electrons. The van der Waals surface area contributed by atoms with Crippen LogP contribution in [0.15, 0.2) is 48.5 Å². The van der Waals surface area contributed by atoms with E-state index < -0.39 is 28.5 Å². The maximum absolute atomic E-state index is 13.3. The fourth-order valence-electron chi connectivity index (χ4n) is 3.02. The van der Waals surface area contributed by atoms with Gasteiger partial charge in [0.2, 0.25) is 21.8 Å². The molecular weight excluding hydrogens is 473 g/mol. The van der Waals surface area contributed by atoms with Gasteiger partial charge < -0.3 is 10.2 Å². The lowest BCUT2D eigenvalue weighted by Gasteiger charge is -2.31. The van der Waals surface area contributed by atoms with Gasteiger partial charge in [-0.05, 0) is 43.2 Å². The maximum Gasteiger partial charge on any atom is 0.244 e. The van der Waals surface area contributed by atoms with E-state index in [9.17, 15) is 18.0 Å². The highest BCUT2D eigenvalue weighted by molar-refractivity contribution is 7.92. The first-order valence-corrected chi connectivity index (χ1v) is 12.7. The van der Waals surface area contributed by atoms with Crippen LogP contribution in [-0.2, 0) is 26.2 Å². The lowest BCUT2D eigenvalue weighted by atomic mass is 10.1.